The van der Waals surface area contributed by atoms with Gasteiger partial charge in [0.25, 0.3) is 11.5 Å². The Balaban J connectivity index is 2.00. The number of aromatic nitrogens is 4. The number of carbonyl (C=O) groups excluding carboxylic acids is 1. The molecule has 0 saturated carbocycles. The Kier molecular flexibility index (Phi) is 7.36. The number of nitrogens with two attached hydrogens (primary N) is 2. The second-order valence-electron chi connectivity index (χ2n) is 7.19. The Morgan fingerprint density at radius 2 is 2.12 bits per heavy atom. The van der Waals surface area contributed by atoms with Gasteiger partial charge in [-0.2, -0.15) is 9.61 Å². The lowest BCUT2D eigenvalue weighted by Gasteiger charge is -2.12. The number of halogens is 1. The number of allylic oxidation sites excluding steroid dienone is 2. The predicted octanol–water partition coefficient (Wildman–Crippen LogP) is 0.968. The average Bonchev–Trinajstić information content (AvgIpc) is 3.27. The Labute approximate surface area is 194 Å². The van der Waals surface area contributed by atoms with Gasteiger partial charge >= 0.3 is 0 Å². The summed E-state index contributed by atoms with van der Waals surface area (Å²) in [7, 11) is 3.08. The maximum absolute atomic E-state index is 13.0. The first-order valence-electron chi connectivity index (χ1n) is 10.2. The van der Waals surface area contributed by atoms with Gasteiger partial charge in [0.15, 0.2) is 11.5 Å². The maximum Gasteiger partial charge on any atom is 0.279 e. The monoisotopic (exact) mass is 471 g/mol. The van der Waals surface area contributed by atoms with Gasteiger partial charge in [-0.3, -0.25) is 14.2 Å². The second kappa shape index (κ2) is 10.4. The van der Waals surface area contributed by atoms with E-state index < -0.39 is 24.2 Å². The van der Waals surface area contributed by atoms with E-state index in [4.69, 9.17) is 16.2 Å². The van der Waals surface area contributed by atoms with E-state index >= 15 is 0 Å². The Morgan fingerprint density at radius 1 is 1.35 bits per heavy atom. The molecule has 34 heavy (non-hydrogen) atoms. The van der Waals surface area contributed by atoms with Crippen molar-refractivity contribution in [3.63, 3.8) is 0 Å². The zero-order valence-electron chi connectivity index (χ0n) is 18.9. The molecule has 7 N–H and O–H groups in total. The van der Waals surface area contributed by atoms with Gasteiger partial charge in [0, 0.05) is 25.4 Å². The van der Waals surface area contributed by atoms with Crippen LogP contribution in [-0.2, 0) is 4.74 Å². The summed E-state index contributed by atoms with van der Waals surface area (Å²) in [5.74, 6) is 0.496. The number of nitrogens with one attached hydrogen (secondary N) is 3. The minimum absolute atomic E-state index is 0.115. The Hall–Kier alpha value is -4.55. The number of fused-ring (bicyclic) bond motifs is 1. The van der Waals surface area contributed by atoms with Crippen molar-refractivity contribution < 1.29 is 13.9 Å². The van der Waals surface area contributed by atoms with Crippen LogP contribution >= 0.6 is 0 Å². The number of rotatable bonds is 9. The molecule has 1 amide bonds. The Bertz CT molecular complexity index is 1310. The summed E-state index contributed by atoms with van der Waals surface area (Å²) < 4.78 is 20.3. The van der Waals surface area contributed by atoms with E-state index in [9.17, 15) is 14.0 Å². The first-order valence-corrected chi connectivity index (χ1v) is 10.2. The highest BCUT2D eigenvalue weighted by Gasteiger charge is 2.19. The molecule has 12 nitrogen and oxygen atoms in total. The van der Waals surface area contributed by atoms with Crippen LogP contribution in [0.1, 0.15) is 17.3 Å². The lowest BCUT2D eigenvalue weighted by atomic mass is 10.3. The van der Waals surface area contributed by atoms with Crippen molar-refractivity contribution >= 4 is 34.7 Å². The minimum atomic E-state index is -0.710. The quantitative estimate of drug-likeness (QED) is 0.226. The zero-order chi connectivity index (χ0) is 24.8. The van der Waals surface area contributed by atoms with Gasteiger partial charge in [-0.1, -0.05) is 0 Å². The van der Waals surface area contributed by atoms with Crippen molar-refractivity contribution in [2.75, 3.05) is 31.5 Å². The molecular formula is C21H26FN9O3. The van der Waals surface area contributed by atoms with E-state index in [1.165, 1.54) is 40.7 Å². The summed E-state index contributed by atoms with van der Waals surface area (Å²) in [4.78, 5) is 30.0. The summed E-state index contributed by atoms with van der Waals surface area (Å²) in [6.45, 7) is 0.835. The lowest BCUT2D eigenvalue weighted by molar-refractivity contribution is 0.0935. The molecule has 3 heterocycles. The van der Waals surface area contributed by atoms with Crippen molar-refractivity contribution in [2.24, 2.45) is 11.5 Å². The van der Waals surface area contributed by atoms with Gasteiger partial charge in [-0.25, -0.2) is 9.37 Å². The van der Waals surface area contributed by atoms with Crippen molar-refractivity contribution in [3.05, 3.63) is 64.5 Å². The SMILES string of the molecule is CNc1cc(Nc2cccn(/C(N)=C/C=C(\N)OC)c2=O)nc2c(C(=O)NC(C)CF)cnn12. The van der Waals surface area contributed by atoms with E-state index in [0.29, 0.717) is 5.82 Å². The molecule has 0 fully saturated rings. The largest absolute Gasteiger partial charge is 0.483 e. The topological polar surface area (TPSA) is 167 Å². The fourth-order valence-electron chi connectivity index (χ4n) is 2.95. The highest BCUT2D eigenvalue weighted by atomic mass is 19.1. The van der Waals surface area contributed by atoms with Gasteiger partial charge in [-0.05, 0) is 25.1 Å². The molecular weight excluding hydrogens is 445 g/mol. The third-order valence-electron chi connectivity index (χ3n) is 4.72. The minimum Gasteiger partial charge on any atom is -0.483 e. The van der Waals surface area contributed by atoms with Crippen LogP contribution in [0.3, 0.4) is 0 Å². The van der Waals surface area contributed by atoms with Crippen LogP contribution in [0.25, 0.3) is 11.5 Å². The molecule has 0 spiro atoms. The highest BCUT2D eigenvalue weighted by molar-refractivity contribution is 6.00. The predicted molar refractivity (Wildman–Crippen MR) is 127 cm³/mol. The molecule has 3 aromatic rings. The number of carbonyl (C=O) groups is 1. The molecule has 3 rings (SSSR count). The van der Waals surface area contributed by atoms with Gasteiger partial charge in [0.05, 0.1) is 19.3 Å². The summed E-state index contributed by atoms with van der Waals surface area (Å²) in [6.07, 6.45) is 5.69. The molecule has 13 heteroatoms. The molecule has 0 aromatic carbocycles. The van der Waals surface area contributed by atoms with Crippen molar-refractivity contribution in [1.82, 2.24) is 24.5 Å². The number of anilines is 3. The standard InChI is InChI=1S/C21H26FN9O3/c1-12(10-22)27-20(32)13-11-26-31-18(25-2)9-17(29-19(13)31)28-14-5-4-8-30(21(14)33)15(23)6-7-16(24)34-3/h4-9,11-12,25H,10,23-24H2,1-3H3,(H,27,32)(H,28,29)/b15-6+,16-7+. The van der Waals surface area contributed by atoms with Crippen molar-refractivity contribution in [3.8, 4) is 0 Å². The number of pyridine rings is 1. The molecule has 0 radical (unpaired) electrons. The molecule has 1 atom stereocenters. The Morgan fingerprint density at radius 3 is 2.79 bits per heavy atom. The van der Waals surface area contributed by atoms with Gasteiger partial charge in [-0.15, -0.1) is 0 Å². The summed E-state index contributed by atoms with van der Waals surface area (Å²) in [5.41, 5.74) is 11.7. The lowest BCUT2D eigenvalue weighted by Crippen LogP contribution is -2.33. The van der Waals surface area contributed by atoms with Crippen molar-refractivity contribution in [2.45, 2.75) is 13.0 Å². The molecule has 0 aliphatic heterocycles. The highest BCUT2D eigenvalue weighted by Crippen LogP contribution is 2.21. The van der Waals surface area contributed by atoms with E-state index in [-0.39, 0.29) is 34.4 Å². The normalized spacial score (nSPS) is 12.9. The number of methoxy groups -OCH3 is 1. The van der Waals surface area contributed by atoms with Crippen LogP contribution in [0.15, 0.2) is 53.4 Å². The van der Waals surface area contributed by atoms with Crippen LogP contribution in [0.2, 0.25) is 0 Å². The van der Waals surface area contributed by atoms with E-state index in [0.717, 1.165) is 0 Å². The number of ether oxygens (including phenoxy) is 1. The maximum atomic E-state index is 13.0. The number of hydrogen-bond acceptors (Lipinski definition) is 9. The van der Waals surface area contributed by atoms with Crippen LogP contribution in [0.5, 0.6) is 0 Å². The van der Waals surface area contributed by atoms with Gasteiger partial charge in [0.2, 0.25) is 0 Å². The fourth-order valence-corrected chi connectivity index (χ4v) is 2.95. The van der Waals surface area contributed by atoms with Crippen LogP contribution in [-0.4, -0.2) is 51.9 Å². The molecule has 0 saturated heterocycles. The number of nitrogens with zero attached hydrogens (tertiary/aromatic N) is 4. The van der Waals surface area contributed by atoms with Crippen LogP contribution < -0.4 is 33.0 Å². The number of alkyl halides is 1. The average molecular weight is 471 g/mol. The number of hydrogen-bond donors (Lipinski definition) is 5. The smallest absolute Gasteiger partial charge is 0.279 e. The van der Waals surface area contributed by atoms with Crippen LogP contribution in [0, 0.1) is 0 Å². The van der Waals surface area contributed by atoms with Gasteiger partial charge < -0.3 is 32.2 Å². The molecule has 3 aromatic heterocycles. The first kappa shape index (κ1) is 24.1. The van der Waals surface area contributed by atoms with E-state index in [1.54, 1.807) is 32.2 Å². The molecule has 0 aliphatic rings. The third kappa shape index (κ3) is 5.09. The summed E-state index contributed by atoms with van der Waals surface area (Å²) >= 11 is 0. The molecule has 0 aliphatic carbocycles. The molecule has 1 unspecified atom stereocenters. The first-order chi connectivity index (χ1) is 16.3. The third-order valence-corrected chi connectivity index (χ3v) is 4.72. The molecule has 0 bridgehead atoms. The molecule has 180 valence electrons. The van der Waals surface area contributed by atoms with Gasteiger partial charge in [0.1, 0.15) is 35.4 Å². The van der Waals surface area contributed by atoms with E-state index in [1.807, 2.05) is 0 Å². The zero-order valence-corrected chi connectivity index (χ0v) is 18.9. The summed E-state index contributed by atoms with van der Waals surface area (Å²) in [5, 5.41) is 12.6. The van der Waals surface area contributed by atoms with Crippen LogP contribution in [0.4, 0.5) is 21.7 Å². The fraction of sp³-hybridized carbons (Fsp3) is 0.238. The van der Waals surface area contributed by atoms with Crippen molar-refractivity contribution in [1.29, 1.82) is 0 Å². The van der Waals surface area contributed by atoms with E-state index in [2.05, 4.69) is 26.0 Å². The number of amides is 1. The summed E-state index contributed by atoms with van der Waals surface area (Å²) in [6, 6.07) is 4.14. The second-order valence-corrected chi connectivity index (χ2v) is 7.19.